The van der Waals surface area contributed by atoms with Crippen LogP contribution >= 0.6 is 11.8 Å². The summed E-state index contributed by atoms with van der Waals surface area (Å²) in [7, 11) is -0.575. The van der Waals surface area contributed by atoms with Gasteiger partial charge in [-0.25, -0.2) is 8.42 Å². The molecule has 0 saturated carbocycles. The lowest BCUT2D eigenvalue weighted by molar-refractivity contribution is 0.395. The van der Waals surface area contributed by atoms with Crippen molar-refractivity contribution in [1.29, 1.82) is 5.26 Å². The van der Waals surface area contributed by atoms with E-state index in [9.17, 15) is 8.42 Å². The Balaban J connectivity index is 3.31. The summed E-state index contributed by atoms with van der Waals surface area (Å²) in [5, 5.41) is 12.2. The first-order valence-corrected chi connectivity index (χ1v) is 8.85. The molecule has 0 heterocycles. The molecule has 0 unspecified atom stereocenters. The standard InChI is InChI=1S/C13H16N2O4S2/c1-18-10-5-9(6-11(7-10)19-2)15-13(20-3)12(8-14)21(4,16)17/h5-7,15H,1-4H3/b13-12+. The van der Waals surface area contributed by atoms with Gasteiger partial charge in [0, 0.05) is 30.1 Å². The molecule has 0 radical (unpaired) electrons. The average molecular weight is 328 g/mol. The van der Waals surface area contributed by atoms with Gasteiger partial charge >= 0.3 is 0 Å². The first kappa shape index (κ1) is 17.2. The molecular weight excluding hydrogens is 312 g/mol. The highest BCUT2D eigenvalue weighted by Gasteiger charge is 2.17. The fourth-order valence-corrected chi connectivity index (χ4v) is 3.22. The van der Waals surface area contributed by atoms with Gasteiger partial charge in [-0.15, -0.1) is 11.8 Å². The van der Waals surface area contributed by atoms with Crippen molar-refractivity contribution in [2.24, 2.45) is 0 Å². The number of methoxy groups -OCH3 is 2. The number of sulfone groups is 1. The summed E-state index contributed by atoms with van der Waals surface area (Å²) in [6.07, 6.45) is 2.68. The molecule has 0 aliphatic heterocycles. The van der Waals surface area contributed by atoms with E-state index in [4.69, 9.17) is 14.7 Å². The van der Waals surface area contributed by atoms with Crippen LogP contribution in [0.4, 0.5) is 5.69 Å². The fraction of sp³-hybridized carbons (Fsp3) is 0.308. The summed E-state index contributed by atoms with van der Waals surface area (Å²) < 4.78 is 33.5. The summed E-state index contributed by atoms with van der Waals surface area (Å²) in [5.74, 6) is 1.10. The van der Waals surface area contributed by atoms with Crippen molar-refractivity contribution in [3.8, 4) is 17.6 Å². The summed E-state index contributed by atoms with van der Waals surface area (Å²) in [5.41, 5.74) is 0.562. The van der Waals surface area contributed by atoms with Crippen LogP contribution in [0.25, 0.3) is 0 Å². The summed E-state index contributed by atoms with van der Waals surface area (Å²) >= 11 is 1.14. The second-order valence-electron chi connectivity index (χ2n) is 3.97. The van der Waals surface area contributed by atoms with Crippen LogP contribution in [0, 0.1) is 11.3 Å². The topological polar surface area (TPSA) is 88.4 Å². The number of ether oxygens (including phenoxy) is 2. The monoisotopic (exact) mass is 328 g/mol. The van der Waals surface area contributed by atoms with Crippen molar-refractivity contribution in [2.45, 2.75) is 0 Å². The minimum absolute atomic E-state index is 0.246. The van der Waals surface area contributed by atoms with Gasteiger partial charge in [-0.2, -0.15) is 5.26 Å². The molecule has 0 bridgehead atoms. The Morgan fingerprint density at radius 2 is 1.76 bits per heavy atom. The molecule has 8 heteroatoms. The normalized spacial score (nSPS) is 12.1. The molecule has 1 aromatic carbocycles. The number of benzene rings is 1. The minimum atomic E-state index is -3.61. The van der Waals surface area contributed by atoms with Crippen LogP contribution in [0.5, 0.6) is 11.5 Å². The largest absolute Gasteiger partial charge is 0.497 e. The molecule has 21 heavy (non-hydrogen) atoms. The highest BCUT2D eigenvalue weighted by molar-refractivity contribution is 8.04. The van der Waals surface area contributed by atoms with E-state index in [0.717, 1.165) is 18.0 Å². The molecule has 0 aliphatic rings. The second kappa shape index (κ2) is 7.24. The Morgan fingerprint density at radius 1 is 1.24 bits per heavy atom. The van der Waals surface area contributed by atoms with Crippen LogP contribution in [-0.4, -0.2) is 35.1 Å². The molecule has 0 atom stereocenters. The van der Waals surface area contributed by atoms with E-state index in [1.807, 2.05) is 0 Å². The lowest BCUT2D eigenvalue weighted by atomic mass is 10.3. The van der Waals surface area contributed by atoms with E-state index in [0.29, 0.717) is 17.2 Å². The van der Waals surface area contributed by atoms with Gasteiger partial charge in [0.05, 0.1) is 14.2 Å². The van der Waals surface area contributed by atoms with E-state index >= 15 is 0 Å². The second-order valence-corrected chi connectivity index (χ2v) is 6.74. The molecule has 0 spiro atoms. The average Bonchev–Trinajstić information content (AvgIpc) is 2.44. The summed E-state index contributed by atoms with van der Waals surface area (Å²) in [6.45, 7) is 0. The third-order valence-electron chi connectivity index (χ3n) is 2.49. The fourth-order valence-electron chi connectivity index (χ4n) is 1.51. The van der Waals surface area contributed by atoms with Gasteiger partial charge in [-0.05, 0) is 6.26 Å². The van der Waals surface area contributed by atoms with Gasteiger partial charge in [0.25, 0.3) is 0 Å². The highest BCUT2D eigenvalue weighted by atomic mass is 32.2. The van der Waals surface area contributed by atoms with Crippen molar-refractivity contribution in [3.05, 3.63) is 28.1 Å². The van der Waals surface area contributed by atoms with Crippen molar-refractivity contribution in [1.82, 2.24) is 0 Å². The number of hydrogen-bond acceptors (Lipinski definition) is 7. The molecule has 0 fully saturated rings. The first-order valence-electron chi connectivity index (χ1n) is 5.74. The zero-order chi connectivity index (χ0) is 16.0. The summed E-state index contributed by atoms with van der Waals surface area (Å²) in [6, 6.07) is 6.76. The number of nitrogens with zero attached hydrogens (tertiary/aromatic N) is 1. The Morgan fingerprint density at radius 3 is 2.10 bits per heavy atom. The molecular formula is C13H16N2O4S2. The maximum Gasteiger partial charge on any atom is 0.188 e. The molecule has 1 rings (SSSR count). The molecule has 114 valence electrons. The number of anilines is 1. The van der Waals surface area contributed by atoms with Gasteiger partial charge in [0.1, 0.15) is 22.6 Å². The number of thioether (sulfide) groups is 1. The van der Waals surface area contributed by atoms with Gasteiger partial charge in [-0.1, -0.05) is 0 Å². The van der Waals surface area contributed by atoms with Gasteiger partial charge in [-0.3, -0.25) is 0 Å². The van der Waals surface area contributed by atoms with Gasteiger partial charge in [0.2, 0.25) is 0 Å². The quantitative estimate of drug-likeness (QED) is 0.801. The third-order valence-corrected chi connectivity index (χ3v) is 4.37. The predicted molar refractivity (Wildman–Crippen MR) is 84.2 cm³/mol. The lowest BCUT2D eigenvalue weighted by Crippen LogP contribution is -2.07. The van der Waals surface area contributed by atoms with Crippen LogP contribution < -0.4 is 14.8 Å². The molecule has 1 N–H and O–H groups in total. The van der Waals surface area contributed by atoms with Crippen LogP contribution in [0.3, 0.4) is 0 Å². The smallest absolute Gasteiger partial charge is 0.188 e. The van der Waals surface area contributed by atoms with E-state index in [1.165, 1.54) is 14.2 Å². The van der Waals surface area contributed by atoms with Crippen LogP contribution in [0.2, 0.25) is 0 Å². The molecule has 6 nitrogen and oxygen atoms in total. The van der Waals surface area contributed by atoms with Crippen LogP contribution in [-0.2, 0) is 9.84 Å². The lowest BCUT2D eigenvalue weighted by Gasteiger charge is -2.13. The van der Waals surface area contributed by atoms with Gasteiger partial charge in [0.15, 0.2) is 14.7 Å². The van der Waals surface area contributed by atoms with E-state index in [1.54, 1.807) is 30.5 Å². The van der Waals surface area contributed by atoms with Crippen LogP contribution in [0.15, 0.2) is 28.1 Å². The Kier molecular flexibility index (Phi) is 5.93. The van der Waals surface area contributed by atoms with Crippen LogP contribution in [0.1, 0.15) is 0 Å². The Labute approximate surface area is 128 Å². The number of nitrogens with one attached hydrogen (secondary N) is 1. The van der Waals surface area contributed by atoms with Crippen molar-refractivity contribution in [3.63, 3.8) is 0 Å². The van der Waals surface area contributed by atoms with E-state index < -0.39 is 9.84 Å². The number of allylic oxidation sites excluding steroid dienone is 1. The molecule has 0 aliphatic carbocycles. The maximum atomic E-state index is 11.6. The first-order chi connectivity index (χ1) is 9.85. The SMILES string of the molecule is COc1cc(N/C(SC)=C(/C#N)S(C)(=O)=O)cc(OC)c1. The van der Waals surface area contributed by atoms with Gasteiger partial charge < -0.3 is 14.8 Å². The number of nitriles is 1. The molecule has 0 amide bonds. The van der Waals surface area contributed by atoms with E-state index in [-0.39, 0.29) is 9.93 Å². The Hall–Kier alpha value is -1.85. The molecule has 1 aromatic rings. The van der Waals surface area contributed by atoms with Crippen molar-refractivity contribution >= 4 is 27.3 Å². The molecule has 0 aromatic heterocycles. The third kappa shape index (κ3) is 4.58. The zero-order valence-corrected chi connectivity index (χ0v) is 13.8. The van der Waals surface area contributed by atoms with Crippen molar-refractivity contribution in [2.75, 3.05) is 32.0 Å². The van der Waals surface area contributed by atoms with E-state index in [2.05, 4.69) is 5.32 Å². The molecule has 0 saturated heterocycles. The highest BCUT2D eigenvalue weighted by Crippen LogP contribution is 2.29. The zero-order valence-electron chi connectivity index (χ0n) is 12.1. The predicted octanol–water partition coefficient (Wildman–Crippen LogP) is 2.22. The maximum absolute atomic E-state index is 11.6. The van der Waals surface area contributed by atoms with Crippen molar-refractivity contribution < 1.29 is 17.9 Å². The number of hydrogen-bond donors (Lipinski definition) is 1. The minimum Gasteiger partial charge on any atom is -0.497 e. The number of rotatable bonds is 6. The Bertz CT molecular complexity index is 668. The summed E-state index contributed by atoms with van der Waals surface area (Å²) in [4.78, 5) is -0.309.